The highest BCUT2D eigenvalue weighted by molar-refractivity contribution is 5.82. The summed E-state index contributed by atoms with van der Waals surface area (Å²) in [6, 6.07) is -1.69. The number of carbonyl (C=O) groups excluding carboxylic acids is 1. The number of hydrogen-bond acceptors (Lipinski definition) is 3. The minimum Gasteiger partial charge on any atom is -0.480 e. The van der Waals surface area contributed by atoms with Crippen molar-refractivity contribution in [3.63, 3.8) is 0 Å². The molecular formula is C11H22N2O4. The van der Waals surface area contributed by atoms with Crippen LogP contribution < -0.4 is 10.6 Å². The molecule has 0 aliphatic heterocycles. The quantitative estimate of drug-likeness (QED) is 0.569. The lowest BCUT2D eigenvalue weighted by Crippen LogP contribution is -2.51. The molecule has 0 aromatic rings. The first-order valence-corrected chi connectivity index (χ1v) is 5.59. The number of rotatable bonds is 5. The molecule has 0 aromatic heterocycles. The van der Waals surface area contributed by atoms with Gasteiger partial charge < -0.3 is 20.8 Å². The van der Waals surface area contributed by atoms with Crippen LogP contribution in [0.2, 0.25) is 0 Å². The van der Waals surface area contributed by atoms with E-state index in [1.807, 2.05) is 27.7 Å². The molecule has 2 unspecified atom stereocenters. The predicted octanol–water partition coefficient (Wildman–Crippen LogP) is 0.556. The lowest BCUT2D eigenvalue weighted by atomic mass is 9.88. The molecule has 0 aliphatic carbocycles. The van der Waals surface area contributed by atoms with Crippen molar-refractivity contribution in [3.8, 4) is 0 Å². The van der Waals surface area contributed by atoms with Gasteiger partial charge in [0.15, 0.2) is 0 Å². The lowest BCUT2D eigenvalue weighted by molar-refractivity contribution is -0.139. The van der Waals surface area contributed by atoms with Gasteiger partial charge in [0.05, 0.1) is 0 Å². The zero-order chi connectivity index (χ0) is 13.6. The van der Waals surface area contributed by atoms with Crippen LogP contribution in [-0.2, 0) is 4.79 Å². The molecule has 0 aromatic carbocycles. The molecule has 0 aliphatic rings. The summed E-state index contributed by atoms with van der Waals surface area (Å²) in [5.74, 6) is -1.15. The van der Waals surface area contributed by atoms with Gasteiger partial charge in [-0.25, -0.2) is 9.59 Å². The third kappa shape index (κ3) is 6.11. The number of nitrogens with one attached hydrogen (secondary N) is 2. The SMILES string of the molecule is CC(NC(=O)NC(CCO)C(=O)O)C(C)(C)C. The van der Waals surface area contributed by atoms with Crippen LogP contribution in [0.15, 0.2) is 0 Å². The molecule has 4 N–H and O–H groups in total. The van der Waals surface area contributed by atoms with Crippen LogP contribution in [0.25, 0.3) is 0 Å². The molecular weight excluding hydrogens is 224 g/mol. The van der Waals surface area contributed by atoms with E-state index in [1.54, 1.807) is 0 Å². The second-order valence-corrected chi connectivity index (χ2v) is 5.11. The molecule has 100 valence electrons. The third-order valence-corrected chi connectivity index (χ3v) is 2.67. The van der Waals surface area contributed by atoms with E-state index in [1.165, 1.54) is 0 Å². The van der Waals surface area contributed by atoms with Crippen molar-refractivity contribution in [1.29, 1.82) is 0 Å². The number of carboxylic acid groups (broad SMARTS) is 1. The Morgan fingerprint density at radius 3 is 2.12 bits per heavy atom. The number of carboxylic acids is 1. The zero-order valence-electron chi connectivity index (χ0n) is 10.8. The van der Waals surface area contributed by atoms with E-state index in [9.17, 15) is 9.59 Å². The molecule has 2 amide bonds. The first-order chi connectivity index (χ1) is 7.68. The molecule has 0 rings (SSSR count). The number of aliphatic hydroxyl groups is 1. The van der Waals surface area contributed by atoms with Crippen LogP contribution >= 0.6 is 0 Å². The number of aliphatic carboxylic acids is 1. The van der Waals surface area contributed by atoms with Gasteiger partial charge in [0.25, 0.3) is 0 Å². The lowest BCUT2D eigenvalue weighted by Gasteiger charge is -2.28. The first kappa shape index (κ1) is 15.7. The van der Waals surface area contributed by atoms with E-state index in [-0.39, 0.29) is 24.5 Å². The minimum atomic E-state index is -1.15. The van der Waals surface area contributed by atoms with E-state index in [2.05, 4.69) is 10.6 Å². The molecule has 6 heteroatoms. The van der Waals surface area contributed by atoms with Gasteiger partial charge in [0.2, 0.25) is 0 Å². The van der Waals surface area contributed by atoms with Crippen LogP contribution in [0.3, 0.4) is 0 Å². The maximum atomic E-state index is 11.5. The molecule has 2 atom stereocenters. The third-order valence-electron chi connectivity index (χ3n) is 2.67. The number of carbonyl (C=O) groups is 2. The summed E-state index contributed by atoms with van der Waals surface area (Å²) in [6.45, 7) is 7.48. The maximum Gasteiger partial charge on any atom is 0.326 e. The topological polar surface area (TPSA) is 98.7 Å². The average Bonchev–Trinajstić information content (AvgIpc) is 2.15. The molecule has 17 heavy (non-hydrogen) atoms. The summed E-state index contributed by atoms with van der Waals surface area (Å²) < 4.78 is 0. The highest BCUT2D eigenvalue weighted by atomic mass is 16.4. The fraction of sp³-hybridized carbons (Fsp3) is 0.818. The van der Waals surface area contributed by atoms with Gasteiger partial charge in [-0.15, -0.1) is 0 Å². The monoisotopic (exact) mass is 246 g/mol. The molecule has 0 radical (unpaired) electrons. The number of hydrogen-bond donors (Lipinski definition) is 4. The minimum absolute atomic E-state index is 0.00729. The van der Waals surface area contributed by atoms with Crippen molar-refractivity contribution in [3.05, 3.63) is 0 Å². The summed E-state index contributed by atoms with van der Waals surface area (Å²) >= 11 is 0. The van der Waals surface area contributed by atoms with Gasteiger partial charge in [-0.1, -0.05) is 20.8 Å². The Bertz CT molecular complexity index is 273. The van der Waals surface area contributed by atoms with Crippen LogP contribution in [0, 0.1) is 5.41 Å². The van der Waals surface area contributed by atoms with Gasteiger partial charge in [0.1, 0.15) is 6.04 Å². The zero-order valence-corrected chi connectivity index (χ0v) is 10.8. The van der Waals surface area contributed by atoms with Crippen molar-refractivity contribution in [2.45, 2.75) is 46.2 Å². The summed E-state index contributed by atoms with van der Waals surface area (Å²) in [6.07, 6.45) is -0.00729. The van der Waals surface area contributed by atoms with Crippen LogP contribution in [0.1, 0.15) is 34.1 Å². The molecule has 0 spiro atoms. The Labute approximate surface area is 101 Å². The fourth-order valence-corrected chi connectivity index (χ4v) is 1.000. The number of aliphatic hydroxyl groups excluding tert-OH is 1. The Hall–Kier alpha value is -1.30. The second kappa shape index (κ2) is 6.44. The summed E-state index contributed by atoms with van der Waals surface area (Å²) in [7, 11) is 0. The molecule has 0 saturated heterocycles. The summed E-state index contributed by atoms with van der Waals surface area (Å²) in [4.78, 5) is 22.3. The van der Waals surface area contributed by atoms with Gasteiger partial charge in [-0.2, -0.15) is 0 Å². The van der Waals surface area contributed by atoms with Gasteiger partial charge in [-0.05, 0) is 12.3 Å². The van der Waals surface area contributed by atoms with E-state index in [0.717, 1.165) is 0 Å². The van der Waals surface area contributed by atoms with Crippen molar-refractivity contribution >= 4 is 12.0 Å². The molecule has 0 fully saturated rings. The summed E-state index contributed by atoms with van der Waals surface area (Å²) in [5, 5.41) is 22.4. The standard InChI is InChI=1S/C11H22N2O4/c1-7(11(2,3)4)12-10(17)13-8(5-6-14)9(15)16/h7-8,14H,5-6H2,1-4H3,(H,15,16)(H2,12,13,17). The molecule has 0 bridgehead atoms. The van der Waals surface area contributed by atoms with Crippen molar-refractivity contribution in [2.75, 3.05) is 6.61 Å². The highest BCUT2D eigenvalue weighted by Gasteiger charge is 2.24. The van der Waals surface area contributed by atoms with Crippen LogP contribution in [0.5, 0.6) is 0 Å². The van der Waals surface area contributed by atoms with Crippen molar-refractivity contribution in [2.24, 2.45) is 5.41 Å². The van der Waals surface area contributed by atoms with Crippen LogP contribution in [0.4, 0.5) is 4.79 Å². The number of urea groups is 1. The van der Waals surface area contributed by atoms with E-state index in [4.69, 9.17) is 10.2 Å². The van der Waals surface area contributed by atoms with Gasteiger partial charge >= 0.3 is 12.0 Å². The maximum absolute atomic E-state index is 11.5. The van der Waals surface area contributed by atoms with E-state index >= 15 is 0 Å². The predicted molar refractivity (Wildman–Crippen MR) is 63.7 cm³/mol. The summed E-state index contributed by atoms with van der Waals surface area (Å²) in [5.41, 5.74) is -0.104. The normalized spacial score (nSPS) is 14.9. The van der Waals surface area contributed by atoms with Crippen molar-refractivity contribution in [1.82, 2.24) is 10.6 Å². The van der Waals surface area contributed by atoms with Gasteiger partial charge in [0, 0.05) is 19.1 Å². The number of amides is 2. The highest BCUT2D eigenvalue weighted by Crippen LogP contribution is 2.18. The average molecular weight is 246 g/mol. The Kier molecular flexibility index (Phi) is 5.95. The van der Waals surface area contributed by atoms with Crippen LogP contribution in [-0.4, -0.2) is 40.9 Å². The molecule has 0 heterocycles. The Morgan fingerprint density at radius 2 is 1.76 bits per heavy atom. The molecule has 0 saturated carbocycles. The largest absolute Gasteiger partial charge is 0.480 e. The molecule has 6 nitrogen and oxygen atoms in total. The first-order valence-electron chi connectivity index (χ1n) is 5.59. The Morgan fingerprint density at radius 1 is 1.24 bits per heavy atom. The Balaban J connectivity index is 4.29. The van der Waals surface area contributed by atoms with Crippen molar-refractivity contribution < 1.29 is 19.8 Å². The smallest absolute Gasteiger partial charge is 0.326 e. The van der Waals surface area contributed by atoms with E-state index < -0.39 is 18.0 Å². The van der Waals surface area contributed by atoms with E-state index in [0.29, 0.717) is 0 Å². The second-order valence-electron chi connectivity index (χ2n) is 5.11. The van der Waals surface area contributed by atoms with Gasteiger partial charge in [-0.3, -0.25) is 0 Å². The fourth-order valence-electron chi connectivity index (χ4n) is 1.000.